The minimum Gasteiger partial charge on any atom is -0.424 e. The lowest BCUT2D eigenvalue weighted by Gasteiger charge is -2.09. The van der Waals surface area contributed by atoms with Crippen LogP contribution in [0.15, 0.2) is 57.7 Å². The Morgan fingerprint density at radius 1 is 1.09 bits per heavy atom. The molecule has 8 heteroatoms. The van der Waals surface area contributed by atoms with Crippen LogP contribution in [-0.4, -0.2) is 13.0 Å². The summed E-state index contributed by atoms with van der Waals surface area (Å²) in [5, 5.41) is 0.243. The fraction of sp³-hybridized carbons (Fsp3) is 0. The van der Waals surface area contributed by atoms with Crippen LogP contribution in [0, 0.1) is 0 Å². The predicted octanol–water partition coefficient (Wildman–Crippen LogP) is 2.22. The average molecular weight is 333 g/mol. The van der Waals surface area contributed by atoms with Crippen molar-refractivity contribution in [2.24, 2.45) is 0 Å². The van der Waals surface area contributed by atoms with Gasteiger partial charge in [0, 0.05) is 5.69 Å². The Labute approximate surface area is 130 Å². The predicted molar refractivity (Wildman–Crippen MR) is 84.5 cm³/mol. The average Bonchev–Trinajstić information content (AvgIpc) is 2.46. The molecule has 0 aliphatic rings. The number of para-hydroxylation sites is 1. The molecule has 118 valence electrons. The van der Waals surface area contributed by atoms with Crippen LogP contribution in [0.2, 0.25) is 0 Å². The van der Waals surface area contributed by atoms with Crippen LogP contribution in [0.25, 0.3) is 22.1 Å². The quantitative estimate of drug-likeness (QED) is 0.557. The topological polar surface area (TPSA) is 120 Å². The van der Waals surface area contributed by atoms with Gasteiger partial charge in [0.2, 0.25) is 5.43 Å². The molecule has 3 rings (SSSR count). The molecule has 3 N–H and O–H groups in total. The fourth-order valence-electron chi connectivity index (χ4n) is 2.22. The van der Waals surface area contributed by atoms with Gasteiger partial charge in [-0.25, -0.2) is 0 Å². The number of hydrogen-bond acceptors (Lipinski definition) is 6. The molecule has 0 fully saturated rings. The van der Waals surface area contributed by atoms with E-state index in [1.165, 1.54) is 18.2 Å². The summed E-state index contributed by atoms with van der Waals surface area (Å²) in [7, 11) is -4.87. The van der Waals surface area contributed by atoms with Crippen molar-refractivity contribution < 1.29 is 21.6 Å². The molecule has 0 unspecified atom stereocenters. The molecule has 3 aromatic rings. The van der Waals surface area contributed by atoms with Crippen molar-refractivity contribution in [2.45, 2.75) is 0 Å². The molecule has 0 aliphatic carbocycles. The largest absolute Gasteiger partial charge is 0.449 e. The van der Waals surface area contributed by atoms with Crippen LogP contribution >= 0.6 is 0 Å². The third-order valence-corrected chi connectivity index (χ3v) is 3.48. The van der Waals surface area contributed by atoms with Crippen molar-refractivity contribution in [1.82, 2.24) is 0 Å². The van der Waals surface area contributed by atoms with Crippen LogP contribution in [0.1, 0.15) is 0 Å². The third kappa shape index (κ3) is 3.03. The number of hydrogen-bond donors (Lipinski definition) is 2. The zero-order valence-electron chi connectivity index (χ0n) is 11.6. The number of benzene rings is 2. The second kappa shape index (κ2) is 5.41. The van der Waals surface area contributed by atoms with Gasteiger partial charge in [0.05, 0.1) is 5.39 Å². The van der Waals surface area contributed by atoms with Crippen molar-refractivity contribution in [2.75, 3.05) is 5.73 Å². The van der Waals surface area contributed by atoms with E-state index in [1.54, 1.807) is 30.3 Å². The summed E-state index contributed by atoms with van der Waals surface area (Å²) in [5.74, 6) is -0.623. The highest BCUT2D eigenvalue weighted by atomic mass is 32.3. The third-order valence-electron chi connectivity index (χ3n) is 3.12. The van der Waals surface area contributed by atoms with E-state index >= 15 is 0 Å². The summed E-state index contributed by atoms with van der Waals surface area (Å²) in [6, 6.07) is 12.5. The Kier molecular flexibility index (Phi) is 3.55. The smallest absolute Gasteiger partial charge is 0.424 e. The van der Waals surface area contributed by atoms with Crippen LogP contribution < -0.4 is 15.3 Å². The number of rotatable bonds is 3. The SMILES string of the molecule is Nc1cccc(-c2c(OS(=O)(=O)O)oc3ccccc3c2=O)c1. The maximum absolute atomic E-state index is 12.7. The molecule has 0 saturated heterocycles. The maximum Gasteiger partial charge on any atom is 0.449 e. The molecule has 2 aromatic carbocycles. The van der Waals surface area contributed by atoms with E-state index in [-0.39, 0.29) is 16.5 Å². The van der Waals surface area contributed by atoms with Gasteiger partial charge in [-0.3, -0.25) is 9.35 Å². The lowest BCUT2D eigenvalue weighted by molar-refractivity contribution is 0.338. The van der Waals surface area contributed by atoms with Gasteiger partial charge in [0.25, 0.3) is 0 Å². The van der Waals surface area contributed by atoms with Crippen molar-refractivity contribution in [3.63, 3.8) is 0 Å². The maximum atomic E-state index is 12.7. The monoisotopic (exact) mass is 333 g/mol. The molecule has 7 nitrogen and oxygen atoms in total. The highest BCUT2D eigenvalue weighted by Gasteiger charge is 2.21. The van der Waals surface area contributed by atoms with Gasteiger partial charge >= 0.3 is 16.3 Å². The highest BCUT2D eigenvalue weighted by Crippen LogP contribution is 2.32. The van der Waals surface area contributed by atoms with Crippen LogP contribution in [0.3, 0.4) is 0 Å². The second-order valence-corrected chi connectivity index (χ2v) is 5.75. The van der Waals surface area contributed by atoms with E-state index in [1.807, 2.05) is 0 Å². The van der Waals surface area contributed by atoms with Gasteiger partial charge in [-0.2, -0.15) is 8.42 Å². The molecule has 0 radical (unpaired) electrons. The second-order valence-electron chi connectivity index (χ2n) is 4.73. The first-order chi connectivity index (χ1) is 10.8. The van der Waals surface area contributed by atoms with Crippen LogP contribution in [0.4, 0.5) is 5.69 Å². The highest BCUT2D eigenvalue weighted by molar-refractivity contribution is 7.81. The standard InChI is InChI=1S/C15H11NO6S/c16-10-5-3-4-9(8-10)13-14(17)11-6-1-2-7-12(11)21-15(13)22-23(18,19)20/h1-8H,16H2,(H,18,19,20). The number of fused-ring (bicyclic) bond motifs is 1. The lowest BCUT2D eigenvalue weighted by Crippen LogP contribution is -2.13. The molecule has 0 aliphatic heterocycles. The Hall–Kier alpha value is -2.84. The van der Waals surface area contributed by atoms with Gasteiger partial charge in [0.1, 0.15) is 11.1 Å². The zero-order chi connectivity index (χ0) is 16.6. The van der Waals surface area contributed by atoms with Crippen molar-refractivity contribution >= 4 is 27.1 Å². The van der Waals surface area contributed by atoms with Crippen molar-refractivity contribution in [3.8, 4) is 17.1 Å². The normalized spacial score (nSPS) is 11.5. The van der Waals surface area contributed by atoms with Gasteiger partial charge < -0.3 is 14.3 Å². The minimum atomic E-state index is -4.87. The van der Waals surface area contributed by atoms with E-state index in [2.05, 4.69) is 4.18 Å². The summed E-state index contributed by atoms with van der Waals surface area (Å²) in [4.78, 5) is 12.7. The van der Waals surface area contributed by atoms with Crippen LogP contribution in [-0.2, 0) is 10.4 Å². The first kappa shape index (κ1) is 15.1. The van der Waals surface area contributed by atoms with Gasteiger partial charge in [0.15, 0.2) is 0 Å². The van der Waals surface area contributed by atoms with Gasteiger partial charge in [-0.1, -0.05) is 24.3 Å². The minimum absolute atomic E-state index is 0.129. The number of anilines is 1. The van der Waals surface area contributed by atoms with E-state index in [0.29, 0.717) is 11.3 Å². The zero-order valence-corrected chi connectivity index (χ0v) is 12.4. The summed E-state index contributed by atoms with van der Waals surface area (Å²) in [5.41, 5.74) is 5.85. The lowest BCUT2D eigenvalue weighted by atomic mass is 10.0. The van der Waals surface area contributed by atoms with E-state index in [4.69, 9.17) is 14.7 Å². The molecule has 1 heterocycles. The molecule has 0 spiro atoms. The Balaban J connectivity index is 2.39. The molecule has 0 amide bonds. The van der Waals surface area contributed by atoms with Crippen molar-refractivity contribution in [3.05, 3.63) is 58.8 Å². The number of nitrogens with two attached hydrogens (primary N) is 1. The van der Waals surface area contributed by atoms with E-state index in [9.17, 15) is 13.2 Å². The van der Waals surface area contributed by atoms with E-state index in [0.717, 1.165) is 0 Å². The summed E-state index contributed by atoms with van der Waals surface area (Å²) >= 11 is 0. The molecular weight excluding hydrogens is 322 g/mol. The first-order valence-corrected chi connectivity index (χ1v) is 7.80. The Morgan fingerprint density at radius 2 is 1.83 bits per heavy atom. The van der Waals surface area contributed by atoms with Crippen molar-refractivity contribution in [1.29, 1.82) is 0 Å². The summed E-state index contributed by atoms with van der Waals surface area (Å²) in [6.07, 6.45) is 0. The Bertz CT molecular complexity index is 1050. The molecule has 1 aromatic heterocycles. The fourth-order valence-corrected chi connectivity index (χ4v) is 2.53. The van der Waals surface area contributed by atoms with Gasteiger partial charge in [-0.05, 0) is 29.8 Å². The molecule has 0 saturated carbocycles. The molecular formula is C15H11NO6S. The molecule has 0 bridgehead atoms. The molecule has 23 heavy (non-hydrogen) atoms. The Morgan fingerprint density at radius 3 is 2.52 bits per heavy atom. The summed E-state index contributed by atoms with van der Waals surface area (Å²) < 4.78 is 40.8. The van der Waals surface area contributed by atoms with E-state index < -0.39 is 21.8 Å². The van der Waals surface area contributed by atoms with Gasteiger partial charge in [-0.15, -0.1) is 0 Å². The van der Waals surface area contributed by atoms with Crippen LogP contribution in [0.5, 0.6) is 5.95 Å². The number of nitrogen functional groups attached to an aromatic ring is 1. The first-order valence-electron chi connectivity index (χ1n) is 6.44. The summed E-state index contributed by atoms with van der Waals surface area (Å²) in [6.45, 7) is 0. The molecule has 0 atom stereocenters.